The summed E-state index contributed by atoms with van der Waals surface area (Å²) < 4.78 is 0. The summed E-state index contributed by atoms with van der Waals surface area (Å²) in [5.74, 6) is -0.105. The van der Waals surface area contributed by atoms with E-state index in [1.165, 1.54) is 6.20 Å². The number of nitrogens with one attached hydrogen (secondary N) is 3. The van der Waals surface area contributed by atoms with E-state index in [9.17, 15) is 9.59 Å². The molecule has 1 heterocycles. The van der Waals surface area contributed by atoms with E-state index in [0.29, 0.717) is 11.5 Å². The van der Waals surface area contributed by atoms with Crippen molar-refractivity contribution in [1.82, 2.24) is 10.3 Å². The van der Waals surface area contributed by atoms with Crippen molar-refractivity contribution in [2.24, 2.45) is 0 Å². The van der Waals surface area contributed by atoms with Gasteiger partial charge >= 0.3 is 6.03 Å². The molecule has 1 aromatic carbocycles. The molecule has 0 atom stereocenters. The lowest BCUT2D eigenvalue weighted by Gasteiger charge is -2.26. The van der Waals surface area contributed by atoms with Gasteiger partial charge in [-0.2, -0.15) is 0 Å². The first-order valence-electron chi connectivity index (χ1n) is 7.82. The van der Waals surface area contributed by atoms with E-state index in [0.717, 1.165) is 19.3 Å². The van der Waals surface area contributed by atoms with Gasteiger partial charge in [-0.25, -0.2) is 9.78 Å². The van der Waals surface area contributed by atoms with Gasteiger partial charge in [0.05, 0.1) is 15.6 Å². The standard InChI is InChI=1S/C17H16Cl2N4O2/c18-12-5-2-6-13(19)15(12)16(24)21-11-7-8-20-14(9-11)23-17(25)22-10-3-1-4-10/h2,5-10H,1,3-4H2,(H3,20,21,22,23,24,25). The molecule has 25 heavy (non-hydrogen) atoms. The number of pyridine rings is 1. The first-order valence-corrected chi connectivity index (χ1v) is 8.57. The number of anilines is 2. The highest BCUT2D eigenvalue weighted by Crippen LogP contribution is 2.25. The van der Waals surface area contributed by atoms with E-state index in [2.05, 4.69) is 20.9 Å². The molecular formula is C17H16Cl2N4O2. The minimum Gasteiger partial charge on any atom is -0.335 e. The maximum Gasteiger partial charge on any atom is 0.320 e. The fourth-order valence-electron chi connectivity index (χ4n) is 2.38. The number of hydrogen-bond acceptors (Lipinski definition) is 3. The third-order valence-electron chi connectivity index (χ3n) is 3.89. The van der Waals surface area contributed by atoms with Crippen molar-refractivity contribution in [3.8, 4) is 0 Å². The average molecular weight is 379 g/mol. The van der Waals surface area contributed by atoms with Gasteiger partial charge in [-0.15, -0.1) is 0 Å². The lowest BCUT2D eigenvalue weighted by Crippen LogP contribution is -2.41. The summed E-state index contributed by atoms with van der Waals surface area (Å²) in [6, 6.07) is 7.93. The molecule has 3 amide bonds. The SMILES string of the molecule is O=C(Nc1cc(NC(=O)c2c(Cl)cccc2Cl)ccn1)NC1CCC1. The van der Waals surface area contributed by atoms with Gasteiger partial charge in [0.25, 0.3) is 5.91 Å². The largest absolute Gasteiger partial charge is 0.335 e. The molecule has 3 N–H and O–H groups in total. The molecule has 1 aliphatic carbocycles. The highest BCUT2D eigenvalue weighted by molar-refractivity contribution is 6.40. The van der Waals surface area contributed by atoms with E-state index < -0.39 is 5.91 Å². The molecule has 0 spiro atoms. The lowest BCUT2D eigenvalue weighted by atomic mass is 9.93. The quantitative estimate of drug-likeness (QED) is 0.740. The number of rotatable bonds is 4. The number of amides is 3. The molecule has 8 heteroatoms. The van der Waals surface area contributed by atoms with Crippen molar-refractivity contribution in [1.29, 1.82) is 0 Å². The van der Waals surface area contributed by atoms with E-state index in [4.69, 9.17) is 23.2 Å². The van der Waals surface area contributed by atoms with Crippen molar-refractivity contribution >= 4 is 46.6 Å². The summed E-state index contributed by atoms with van der Waals surface area (Å²) in [5, 5.41) is 8.73. The Morgan fingerprint density at radius 1 is 1.08 bits per heavy atom. The van der Waals surface area contributed by atoms with Crippen molar-refractivity contribution in [3.63, 3.8) is 0 Å². The van der Waals surface area contributed by atoms with Crippen LogP contribution in [-0.2, 0) is 0 Å². The first kappa shape index (κ1) is 17.5. The van der Waals surface area contributed by atoms with Gasteiger partial charge in [0, 0.05) is 24.0 Å². The minimum absolute atomic E-state index is 0.194. The van der Waals surface area contributed by atoms with E-state index >= 15 is 0 Å². The van der Waals surface area contributed by atoms with Gasteiger partial charge in [-0.3, -0.25) is 10.1 Å². The molecule has 0 saturated heterocycles. The van der Waals surface area contributed by atoms with Gasteiger partial charge in [0.15, 0.2) is 0 Å². The van der Waals surface area contributed by atoms with Crippen molar-refractivity contribution in [3.05, 3.63) is 52.1 Å². The Balaban J connectivity index is 1.66. The second-order valence-electron chi connectivity index (χ2n) is 5.71. The molecule has 1 saturated carbocycles. The summed E-state index contributed by atoms with van der Waals surface area (Å²) in [6.07, 6.45) is 4.61. The van der Waals surface area contributed by atoms with Gasteiger partial charge in [-0.1, -0.05) is 29.3 Å². The summed E-state index contributed by atoms with van der Waals surface area (Å²) in [6.45, 7) is 0. The normalized spacial score (nSPS) is 13.7. The van der Waals surface area contributed by atoms with E-state index in [-0.39, 0.29) is 27.7 Å². The molecule has 0 unspecified atom stereocenters. The van der Waals surface area contributed by atoms with Crippen LogP contribution < -0.4 is 16.0 Å². The highest BCUT2D eigenvalue weighted by atomic mass is 35.5. The topological polar surface area (TPSA) is 83.1 Å². The minimum atomic E-state index is -0.438. The zero-order chi connectivity index (χ0) is 17.8. The Labute approximate surface area is 154 Å². The van der Waals surface area contributed by atoms with Crippen LogP contribution in [0, 0.1) is 0 Å². The van der Waals surface area contributed by atoms with Crippen LogP contribution in [0.3, 0.4) is 0 Å². The number of aromatic nitrogens is 1. The molecule has 0 aliphatic heterocycles. The third kappa shape index (κ3) is 4.41. The van der Waals surface area contributed by atoms with Crippen LogP contribution in [0.25, 0.3) is 0 Å². The molecule has 3 rings (SSSR count). The summed E-state index contributed by atoms with van der Waals surface area (Å²) >= 11 is 12.1. The molecule has 6 nitrogen and oxygen atoms in total. The molecule has 0 bridgehead atoms. The van der Waals surface area contributed by atoms with Crippen LogP contribution in [0.2, 0.25) is 10.0 Å². The Hall–Kier alpha value is -2.31. The number of urea groups is 1. The molecule has 1 fully saturated rings. The number of nitrogens with zero attached hydrogens (tertiary/aromatic N) is 1. The number of benzene rings is 1. The molecule has 130 valence electrons. The molecule has 2 aromatic rings. The van der Waals surface area contributed by atoms with Crippen molar-refractivity contribution < 1.29 is 9.59 Å². The Morgan fingerprint density at radius 2 is 1.80 bits per heavy atom. The monoisotopic (exact) mass is 378 g/mol. The second kappa shape index (κ2) is 7.72. The lowest BCUT2D eigenvalue weighted by molar-refractivity contribution is 0.102. The zero-order valence-corrected chi connectivity index (χ0v) is 14.7. The number of carbonyl (C=O) groups excluding carboxylic acids is 2. The number of carbonyl (C=O) groups is 2. The maximum absolute atomic E-state index is 12.4. The van der Waals surface area contributed by atoms with Crippen LogP contribution in [-0.4, -0.2) is 23.0 Å². The Bertz CT molecular complexity index is 789. The van der Waals surface area contributed by atoms with Crippen LogP contribution >= 0.6 is 23.2 Å². The van der Waals surface area contributed by atoms with E-state index in [1.54, 1.807) is 30.3 Å². The first-order chi connectivity index (χ1) is 12.0. The smallest absolute Gasteiger partial charge is 0.320 e. The number of halogens is 2. The summed E-state index contributed by atoms with van der Waals surface area (Å²) in [5.41, 5.74) is 0.662. The Morgan fingerprint density at radius 3 is 2.44 bits per heavy atom. The van der Waals surface area contributed by atoms with Gasteiger partial charge in [-0.05, 0) is 37.5 Å². The fourth-order valence-corrected chi connectivity index (χ4v) is 2.94. The fraction of sp³-hybridized carbons (Fsp3) is 0.235. The molecular weight excluding hydrogens is 363 g/mol. The molecule has 1 aromatic heterocycles. The van der Waals surface area contributed by atoms with Crippen molar-refractivity contribution in [2.75, 3.05) is 10.6 Å². The summed E-state index contributed by atoms with van der Waals surface area (Å²) in [7, 11) is 0. The van der Waals surface area contributed by atoms with Gasteiger partial charge < -0.3 is 10.6 Å². The number of hydrogen-bond donors (Lipinski definition) is 3. The highest BCUT2D eigenvalue weighted by Gasteiger charge is 2.19. The maximum atomic E-state index is 12.4. The Kier molecular flexibility index (Phi) is 5.40. The van der Waals surface area contributed by atoms with Crippen molar-refractivity contribution in [2.45, 2.75) is 25.3 Å². The second-order valence-corrected chi connectivity index (χ2v) is 6.52. The summed E-state index contributed by atoms with van der Waals surface area (Å²) in [4.78, 5) is 28.3. The molecule has 0 radical (unpaired) electrons. The zero-order valence-electron chi connectivity index (χ0n) is 13.2. The van der Waals surface area contributed by atoms with Gasteiger partial charge in [0.2, 0.25) is 0 Å². The average Bonchev–Trinajstić information content (AvgIpc) is 2.51. The van der Waals surface area contributed by atoms with Crippen LogP contribution in [0.15, 0.2) is 36.5 Å². The third-order valence-corrected chi connectivity index (χ3v) is 4.52. The van der Waals surface area contributed by atoms with Gasteiger partial charge in [0.1, 0.15) is 5.82 Å². The molecule has 1 aliphatic rings. The van der Waals surface area contributed by atoms with E-state index in [1.807, 2.05) is 0 Å². The van der Waals surface area contributed by atoms with Crippen LogP contribution in [0.5, 0.6) is 0 Å². The van der Waals surface area contributed by atoms with Crippen LogP contribution in [0.4, 0.5) is 16.3 Å². The van der Waals surface area contributed by atoms with Crippen LogP contribution in [0.1, 0.15) is 29.6 Å². The predicted octanol–water partition coefficient (Wildman–Crippen LogP) is 4.31. The predicted molar refractivity (Wildman–Crippen MR) is 98.4 cm³/mol.